The monoisotopic (exact) mass is 239 g/mol. The number of nitrogens with one attached hydrogen (secondary N) is 1. The number of hydrogen-bond donors (Lipinski definition) is 1. The molecule has 0 saturated carbocycles. The van der Waals surface area contributed by atoms with Crippen molar-refractivity contribution in [1.82, 2.24) is 5.32 Å². The Balaban J connectivity index is 2.29. The Morgan fingerprint density at radius 3 is 2.71 bits per heavy atom. The van der Waals surface area contributed by atoms with Crippen LogP contribution in [0.2, 0.25) is 0 Å². The summed E-state index contributed by atoms with van der Waals surface area (Å²) in [7, 11) is -2.90. The molecule has 1 saturated heterocycles. The first kappa shape index (κ1) is 11.8. The Morgan fingerprint density at radius 1 is 1.50 bits per heavy atom. The minimum atomic E-state index is -2.90. The molecule has 0 spiro atoms. The Morgan fingerprint density at radius 2 is 2.21 bits per heavy atom. The molecule has 14 heavy (non-hydrogen) atoms. The van der Waals surface area contributed by atoms with Crippen molar-refractivity contribution in [3.05, 3.63) is 0 Å². The van der Waals surface area contributed by atoms with E-state index in [4.69, 9.17) is 11.6 Å². The average molecular weight is 240 g/mol. The lowest BCUT2D eigenvalue weighted by molar-refractivity contribution is -0.121. The number of alkyl halides is 1. The van der Waals surface area contributed by atoms with Gasteiger partial charge in [-0.2, -0.15) is 0 Å². The summed E-state index contributed by atoms with van der Waals surface area (Å²) < 4.78 is 22.1. The fourth-order valence-corrected chi connectivity index (χ4v) is 3.24. The molecule has 1 aliphatic rings. The van der Waals surface area contributed by atoms with Gasteiger partial charge in [0.15, 0.2) is 9.84 Å². The number of rotatable bonds is 4. The number of sulfone groups is 1. The third-order valence-electron chi connectivity index (χ3n) is 2.14. The molecule has 1 amide bonds. The normalized spacial score (nSPS) is 24.8. The second kappa shape index (κ2) is 4.98. The van der Waals surface area contributed by atoms with Gasteiger partial charge < -0.3 is 5.32 Å². The molecule has 82 valence electrons. The molecule has 0 aromatic heterocycles. The first-order valence-corrected chi connectivity index (χ1v) is 6.95. The van der Waals surface area contributed by atoms with E-state index in [2.05, 4.69) is 5.32 Å². The smallest absolute Gasteiger partial charge is 0.220 e. The molecule has 1 atom stereocenters. The van der Waals surface area contributed by atoms with Crippen LogP contribution >= 0.6 is 11.6 Å². The van der Waals surface area contributed by atoms with E-state index in [0.717, 1.165) is 0 Å². The molecule has 1 heterocycles. The lowest BCUT2D eigenvalue weighted by Crippen LogP contribution is -2.35. The molecule has 1 unspecified atom stereocenters. The van der Waals surface area contributed by atoms with E-state index in [-0.39, 0.29) is 23.5 Å². The highest BCUT2D eigenvalue weighted by molar-refractivity contribution is 7.91. The van der Waals surface area contributed by atoms with Gasteiger partial charge in [0, 0.05) is 18.3 Å². The Bertz CT molecular complexity index is 302. The molecule has 0 aromatic rings. The lowest BCUT2D eigenvalue weighted by atomic mass is 10.2. The van der Waals surface area contributed by atoms with Crippen LogP contribution in [-0.4, -0.2) is 37.8 Å². The Hall–Kier alpha value is -0.290. The van der Waals surface area contributed by atoms with Crippen LogP contribution < -0.4 is 5.32 Å². The Labute approximate surface area is 88.9 Å². The predicted molar refractivity (Wildman–Crippen MR) is 55.2 cm³/mol. The fourth-order valence-electron chi connectivity index (χ4n) is 1.44. The maximum atomic E-state index is 11.2. The van der Waals surface area contributed by atoms with Crippen molar-refractivity contribution >= 4 is 27.3 Å². The second-order valence-electron chi connectivity index (χ2n) is 3.46. The van der Waals surface area contributed by atoms with Crippen molar-refractivity contribution in [1.29, 1.82) is 0 Å². The lowest BCUT2D eigenvalue weighted by Gasteiger charge is -2.09. The standard InChI is InChI=1S/C8H14ClNO3S/c9-4-1-2-8(11)10-7-3-5-14(12,13)6-7/h7H,1-6H2,(H,10,11). The molecule has 0 aliphatic carbocycles. The first-order chi connectivity index (χ1) is 6.53. The summed E-state index contributed by atoms with van der Waals surface area (Å²) in [6, 6.07) is -0.192. The van der Waals surface area contributed by atoms with Gasteiger partial charge in [-0.3, -0.25) is 4.79 Å². The van der Waals surface area contributed by atoms with Crippen molar-refractivity contribution in [3.63, 3.8) is 0 Å². The number of carbonyl (C=O) groups excluding carboxylic acids is 1. The average Bonchev–Trinajstić information content (AvgIpc) is 2.42. The third-order valence-corrected chi connectivity index (χ3v) is 4.17. The highest BCUT2D eigenvalue weighted by Gasteiger charge is 2.28. The van der Waals surface area contributed by atoms with E-state index >= 15 is 0 Å². The molecule has 6 heteroatoms. The van der Waals surface area contributed by atoms with Crippen LogP contribution in [0.25, 0.3) is 0 Å². The Kier molecular flexibility index (Phi) is 4.19. The van der Waals surface area contributed by atoms with Crippen LogP contribution in [-0.2, 0) is 14.6 Å². The minimum Gasteiger partial charge on any atom is -0.352 e. The van der Waals surface area contributed by atoms with Gasteiger partial charge in [0.2, 0.25) is 5.91 Å². The molecule has 0 aromatic carbocycles. The van der Waals surface area contributed by atoms with Crippen LogP contribution in [0, 0.1) is 0 Å². The number of hydrogen-bond acceptors (Lipinski definition) is 3. The summed E-state index contributed by atoms with van der Waals surface area (Å²) in [5.41, 5.74) is 0. The van der Waals surface area contributed by atoms with Crippen LogP contribution in [0.3, 0.4) is 0 Å². The predicted octanol–water partition coefficient (Wildman–Crippen LogP) is 0.309. The third kappa shape index (κ3) is 3.84. The zero-order chi connectivity index (χ0) is 10.6. The van der Waals surface area contributed by atoms with Gasteiger partial charge in [0.1, 0.15) is 0 Å². The molecule has 0 radical (unpaired) electrons. The summed E-state index contributed by atoms with van der Waals surface area (Å²) in [6.07, 6.45) is 1.54. The molecule has 0 bridgehead atoms. The van der Waals surface area contributed by atoms with Crippen molar-refractivity contribution in [2.75, 3.05) is 17.4 Å². The van der Waals surface area contributed by atoms with Gasteiger partial charge in [0.25, 0.3) is 0 Å². The van der Waals surface area contributed by atoms with Crippen molar-refractivity contribution in [2.45, 2.75) is 25.3 Å². The largest absolute Gasteiger partial charge is 0.352 e. The van der Waals surface area contributed by atoms with Crippen molar-refractivity contribution in [3.8, 4) is 0 Å². The van der Waals surface area contributed by atoms with E-state index in [1.165, 1.54) is 0 Å². The van der Waals surface area contributed by atoms with Crippen molar-refractivity contribution in [2.24, 2.45) is 0 Å². The number of amides is 1. The maximum Gasteiger partial charge on any atom is 0.220 e. The van der Waals surface area contributed by atoms with Gasteiger partial charge in [-0.1, -0.05) is 0 Å². The van der Waals surface area contributed by atoms with E-state index < -0.39 is 9.84 Å². The van der Waals surface area contributed by atoms with Crippen molar-refractivity contribution < 1.29 is 13.2 Å². The van der Waals surface area contributed by atoms with E-state index in [1.807, 2.05) is 0 Å². The molecule has 1 aliphatic heterocycles. The minimum absolute atomic E-state index is 0.0830. The zero-order valence-corrected chi connectivity index (χ0v) is 9.40. The summed E-state index contributed by atoms with van der Waals surface area (Å²) >= 11 is 5.43. The molecule has 1 fully saturated rings. The summed E-state index contributed by atoms with van der Waals surface area (Å²) in [5, 5.41) is 2.69. The number of halogens is 1. The quantitative estimate of drug-likeness (QED) is 0.719. The van der Waals surface area contributed by atoms with Crippen LogP contribution in [0.15, 0.2) is 0 Å². The highest BCUT2D eigenvalue weighted by Crippen LogP contribution is 2.11. The molecular weight excluding hydrogens is 226 g/mol. The molecule has 4 nitrogen and oxygen atoms in total. The van der Waals surface area contributed by atoms with Crippen LogP contribution in [0.5, 0.6) is 0 Å². The summed E-state index contributed by atoms with van der Waals surface area (Å²) in [6.45, 7) is 0. The van der Waals surface area contributed by atoms with E-state index in [1.54, 1.807) is 0 Å². The molecule has 1 N–H and O–H groups in total. The van der Waals surface area contributed by atoms with E-state index in [0.29, 0.717) is 25.1 Å². The van der Waals surface area contributed by atoms with E-state index in [9.17, 15) is 13.2 Å². The molecule has 1 rings (SSSR count). The summed E-state index contributed by atoms with van der Waals surface area (Å²) in [4.78, 5) is 11.2. The van der Waals surface area contributed by atoms with Crippen LogP contribution in [0.4, 0.5) is 0 Å². The van der Waals surface area contributed by atoms with Gasteiger partial charge in [-0.25, -0.2) is 8.42 Å². The zero-order valence-electron chi connectivity index (χ0n) is 7.83. The van der Waals surface area contributed by atoms with Gasteiger partial charge in [0.05, 0.1) is 11.5 Å². The topological polar surface area (TPSA) is 63.2 Å². The van der Waals surface area contributed by atoms with Crippen LogP contribution in [0.1, 0.15) is 19.3 Å². The van der Waals surface area contributed by atoms with Gasteiger partial charge in [-0.05, 0) is 12.8 Å². The second-order valence-corrected chi connectivity index (χ2v) is 6.07. The highest BCUT2D eigenvalue weighted by atomic mass is 35.5. The first-order valence-electron chi connectivity index (χ1n) is 4.59. The summed E-state index contributed by atoms with van der Waals surface area (Å²) in [5.74, 6) is 0.622. The maximum absolute atomic E-state index is 11.2. The molecular formula is C8H14ClNO3S. The van der Waals surface area contributed by atoms with Gasteiger partial charge in [-0.15, -0.1) is 11.6 Å². The number of carbonyl (C=O) groups is 1. The fraction of sp³-hybridized carbons (Fsp3) is 0.875. The SMILES string of the molecule is O=C(CCCCl)NC1CCS(=O)(=O)C1. The van der Waals surface area contributed by atoms with Gasteiger partial charge >= 0.3 is 0 Å².